The van der Waals surface area contributed by atoms with E-state index in [1.165, 1.54) is 5.56 Å². The summed E-state index contributed by atoms with van der Waals surface area (Å²) in [5, 5.41) is 3.19. The van der Waals surface area contributed by atoms with Crippen molar-refractivity contribution in [3.8, 4) is 17.2 Å². The number of ether oxygens (including phenoxy) is 3. The Labute approximate surface area is 173 Å². The van der Waals surface area contributed by atoms with Gasteiger partial charge in [-0.15, -0.1) is 0 Å². The second-order valence-electron chi connectivity index (χ2n) is 8.31. The normalized spacial score (nSPS) is 18.2. The van der Waals surface area contributed by atoms with E-state index in [-0.39, 0.29) is 11.9 Å². The third-order valence-corrected chi connectivity index (χ3v) is 5.26. The molecule has 1 aliphatic heterocycles. The third-order valence-electron chi connectivity index (χ3n) is 5.26. The summed E-state index contributed by atoms with van der Waals surface area (Å²) in [5.74, 6) is 2.11. The number of amides is 1. The predicted molar refractivity (Wildman–Crippen MR) is 114 cm³/mol. The first-order valence-electron chi connectivity index (χ1n) is 10.1. The van der Waals surface area contributed by atoms with Gasteiger partial charge in [-0.25, -0.2) is 0 Å². The lowest BCUT2D eigenvalue weighted by Crippen LogP contribution is -2.45. The SMILES string of the molecule is CCC(Oc1ccc(C)cc1C)C(=O)NC1CC(C)(C)Oc2cc(OC)ccc21. The van der Waals surface area contributed by atoms with Crippen LogP contribution in [-0.4, -0.2) is 24.7 Å². The molecule has 1 amide bonds. The molecule has 0 saturated carbocycles. The zero-order valence-corrected chi connectivity index (χ0v) is 18.2. The molecule has 156 valence electrons. The quantitative estimate of drug-likeness (QED) is 0.754. The number of methoxy groups -OCH3 is 1. The molecule has 3 rings (SSSR count). The summed E-state index contributed by atoms with van der Waals surface area (Å²) in [4.78, 5) is 13.1. The van der Waals surface area contributed by atoms with Crippen molar-refractivity contribution >= 4 is 5.91 Å². The highest BCUT2D eigenvalue weighted by Crippen LogP contribution is 2.41. The van der Waals surface area contributed by atoms with Crippen molar-refractivity contribution in [2.45, 2.75) is 65.2 Å². The van der Waals surface area contributed by atoms with Crippen molar-refractivity contribution in [3.63, 3.8) is 0 Å². The molecule has 0 aromatic heterocycles. The molecule has 0 fully saturated rings. The van der Waals surface area contributed by atoms with Crippen molar-refractivity contribution in [3.05, 3.63) is 53.1 Å². The first-order valence-corrected chi connectivity index (χ1v) is 10.1. The van der Waals surface area contributed by atoms with Crippen LogP contribution in [0.5, 0.6) is 17.2 Å². The van der Waals surface area contributed by atoms with E-state index in [9.17, 15) is 4.79 Å². The van der Waals surface area contributed by atoms with Gasteiger partial charge in [-0.05, 0) is 57.9 Å². The van der Waals surface area contributed by atoms with Crippen molar-refractivity contribution in [2.24, 2.45) is 0 Å². The summed E-state index contributed by atoms with van der Waals surface area (Å²) in [7, 11) is 1.63. The van der Waals surface area contributed by atoms with Gasteiger partial charge in [-0.1, -0.05) is 24.6 Å². The maximum Gasteiger partial charge on any atom is 0.261 e. The van der Waals surface area contributed by atoms with Gasteiger partial charge in [0.2, 0.25) is 0 Å². The van der Waals surface area contributed by atoms with Crippen LogP contribution in [0.2, 0.25) is 0 Å². The zero-order chi connectivity index (χ0) is 21.2. The Hall–Kier alpha value is -2.69. The first kappa shape index (κ1) is 21.0. The van der Waals surface area contributed by atoms with Crippen LogP contribution >= 0.6 is 0 Å². The Kier molecular flexibility index (Phi) is 6.06. The average Bonchev–Trinajstić information content (AvgIpc) is 2.65. The lowest BCUT2D eigenvalue weighted by Gasteiger charge is -2.38. The van der Waals surface area contributed by atoms with Crippen LogP contribution in [0.1, 0.15) is 56.3 Å². The van der Waals surface area contributed by atoms with Crippen LogP contribution in [0.3, 0.4) is 0 Å². The largest absolute Gasteiger partial charge is 0.497 e. The molecule has 2 aromatic carbocycles. The highest BCUT2D eigenvalue weighted by molar-refractivity contribution is 5.81. The molecule has 0 spiro atoms. The predicted octanol–water partition coefficient (Wildman–Crippen LogP) is 4.89. The summed E-state index contributed by atoms with van der Waals surface area (Å²) in [6.45, 7) is 10.0. The third kappa shape index (κ3) is 4.84. The minimum Gasteiger partial charge on any atom is -0.497 e. The van der Waals surface area contributed by atoms with Crippen molar-refractivity contribution in [1.29, 1.82) is 0 Å². The molecule has 1 heterocycles. The minimum absolute atomic E-state index is 0.114. The molecule has 5 heteroatoms. The molecule has 5 nitrogen and oxygen atoms in total. The van der Waals surface area contributed by atoms with Crippen LogP contribution in [0.25, 0.3) is 0 Å². The number of hydrogen-bond donors (Lipinski definition) is 1. The molecule has 1 aliphatic rings. The number of benzene rings is 2. The number of rotatable bonds is 6. The second-order valence-corrected chi connectivity index (χ2v) is 8.31. The van der Waals surface area contributed by atoms with E-state index in [2.05, 4.69) is 11.4 Å². The molecule has 0 aliphatic carbocycles. The molecule has 0 radical (unpaired) electrons. The summed E-state index contributed by atoms with van der Waals surface area (Å²) in [6.07, 6.45) is 0.711. The molecular formula is C24H31NO4. The van der Waals surface area contributed by atoms with E-state index < -0.39 is 11.7 Å². The highest BCUT2D eigenvalue weighted by Gasteiger charge is 2.36. The van der Waals surface area contributed by atoms with Crippen LogP contribution in [0.4, 0.5) is 0 Å². The van der Waals surface area contributed by atoms with Gasteiger partial charge in [0, 0.05) is 18.1 Å². The molecule has 1 N–H and O–H groups in total. The Bertz CT molecular complexity index is 890. The number of carbonyl (C=O) groups excluding carboxylic acids is 1. The lowest BCUT2D eigenvalue weighted by atomic mass is 9.89. The summed E-state index contributed by atoms with van der Waals surface area (Å²) in [5.41, 5.74) is 2.76. The summed E-state index contributed by atoms with van der Waals surface area (Å²) < 4.78 is 17.5. The Morgan fingerprint density at radius 1 is 1.24 bits per heavy atom. The molecule has 29 heavy (non-hydrogen) atoms. The maximum atomic E-state index is 13.1. The van der Waals surface area contributed by atoms with Gasteiger partial charge < -0.3 is 19.5 Å². The fraction of sp³-hybridized carbons (Fsp3) is 0.458. The van der Waals surface area contributed by atoms with E-state index in [0.717, 1.165) is 28.4 Å². The fourth-order valence-corrected chi connectivity index (χ4v) is 3.76. The van der Waals surface area contributed by atoms with Crippen LogP contribution in [0.15, 0.2) is 36.4 Å². The monoisotopic (exact) mass is 397 g/mol. The molecule has 0 saturated heterocycles. The smallest absolute Gasteiger partial charge is 0.261 e. The number of aryl methyl sites for hydroxylation is 2. The van der Waals surface area contributed by atoms with Gasteiger partial charge >= 0.3 is 0 Å². The topological polar surface area (TPSA) is 56.8 Å². The Morgan fingerprint density at radius 3 is 2.66 bits per heavy atom. The molecule has 2 aromatic rings. The maximum absolute atomic E-state index is 13.1. The number of fused-ring (bicyclic) bond motifs is 1. The summed E-state index contributed by atoms with van der Waals surface area (Å²) >= 11 is 0. The van der Waals surface area contributed by atoms with Crippen LogP contribution in [0, 0.1) is 13.8 Å². The second kappa shape index (κ2) is 8.36. The standard InChI is InChI=1S/C24H31NO4/c1-7-20(28-21-11-8-15(2)12-16(21)3)23(26)25-19-14-24(4,5)29-22-13-17(27-6)9-10-18(19)22/h8-13,19-20H,7,14H2,1-6H3,(H,25,26). The van der Waals surface area contributed by atoms with E-state index in [4.69, 9.17) is 14.2 Å². The van der Waals surface area contributed by atoms with E-state index in [0.29, 0.717) is 12.8 Å². The number of hydrogen-bond acceptors (Lipinski definition) is 4. The van der Waals surface area contributed by atoms with E-state index in [1.54, 1.807) is 7.11 Å². The lowest BCUT2D eigenvalue weighted by molar-refractivity contribution is -0.129. The van der Waals surface area contributed by atoms with Gasteiger partial charge in [0.1, 0.15) is 22.8 Å². The van der Waals surface area contributed by atoms with Gasteiger partial charge in [0.25, 0.3) is 5.91 Å². The molecular weight excluding hydrogens is 366 g/mol. The fourth-order valence-electron chi connectivity index (χ4n) is 3.76. The van der Waals surface area contributed by atoms with Gasteiger partial charge in [-0.3, -0.25) is 4.79 Å². The summed E-state index contributed by atoms with van der Waals surface area (Å²) in [6, 6.07) is 11.6. The molecule has 2 unspecified atom stereocenters. The average molecular weight is 398 g/mol. The minimum atomic E-state index is -0.552. The Balaban J connectivity index is 1.79. The molecule has 2 atom stereocenters. The van der Waals surface area contributed by atoms with Crippen molar-refractivity contribution in [2.75, 3.05) is 7.11 Å². The van der Waals surface area contributed by atoms with Gasteiger partial charge in [-0.2, -0.15) is 0 Å². The number of nitrogens with one attached hydrogen (secondary N) is 1. The zero-order valence-electron chi connectivity index (χ0n) is 18.2. The van der Waals surface area contributed by atoms with Crippen molar-refractivity contribution < 1.29 is 19.0 Å². The van der Waals surface area contributed by atoms with E-state index >= 15 is 0 Å². The Morgan fingerprint density at radius 2 is 2.00 bits per heavy atom. The first-order chi connectivity index (χ1) is 13.7. The van der Waals surface area contributed by atoms with Gasteiger partial charge in [0.05, 0.1) is 13.2 Å². The van der Waals surface area contributed by atoms with E-state index in [1.807, 2.05) is 65.0 Å². The van der Waals surface area contributed by atoms with Crippen LogP contribution < -0.4 is 19.5 Å². The highest BCUT2D eigenvalue weighted by atomic mass is 16.5. The number of carbonyl (C=O) groups is 1. The van der Waals surface area contributed by atoms with Crippen molar-refractivity contribution in [1.82, 2.24) is 5.32 Å². The van der Waals surface area contributed by atoms with Crippen LogP contribution in [-0.2, 0) is 4.79 Å². The molecule has 0 bridgehead atoms. The van der Waals surface area contributed by atoms with Gasteiger partial charge in [0.15, 0.2) is 6.10 Å².